The highest BCUT2D eigenvalue weighted by Crippen LogP contribution is 2.31. The molecule has 3 rings (SSSR count). The van der Waals surface area contributed by atoms with Crippen LogP contribution in [0.4, 0.5) is 0 Å². The second-order valence-corrected chi connectivity index (χ2v) is 7.12. The summed E-state index contributed by atoms with van der Waals surface area (Å²) < 4.78 is 5.80. The highest BCUT2D eigenvalue weighted by molar-refractivity contribution is 5.80. The monoisotopic (exact) mass is 309 g/mol. The Morgan fingerprint density at radius 2 is 2.09 bits per heavy atom. The number of guanidine groups is 1. The van der Waals surface area contributed by atoms with E-state index in [0.717, 1.165) is 44.8 Å². The topological polar surface area (TPSA) is 52.1 Å². The molecule has 0 bridgehead atoms. The average Bonchev–Trinajstić information content (AvgIpc) is 3.28. The molecule has 1 aliphatic carbocycles. The van der Waals surface area contributed by atoms with Crippen molar-refractivity contribution in [1.29, 1.82) is 0 Å². The highest BCUT2D eigenvalue weighted by Gasteiger charge is 2.38. The number of hydrogen-bond donors (Lipinski definition) is 2. The Labute approximate surface area is 134 Å². The Kier molecular flexibility index (Phi) is 5.21. The molecule has 2 heterocycles. The molecule has 0 amide bonds. The SMILES string of the molecule is CN=C(NCC1CN(C)CCO1)NC1CN(C2CC2)CC1C. The van der Waals surface area contributed by atoms with Gasteiger partial charge in [-0.1, -0.05) is 6.92 Å². The van der Waals surface area contributed by atoms with Gasteiger partial charge in [-0.2, -0.15) is 0 Å². The maximum Gasteiger partial charge on any atom is 0.191 e. The molecule has 2 aliphatic heterocycles. The van der Waals surface area contributed by atoms with Gasteiger partial charge in [-0.25, -0.2) is 0 Å². The minimum absolute atomic E-state index is 0.251. The van der Waals surface area contributed by atoms with Gasteiger partial charge in [0.05, 0.1) is 12.7 Å². The molecule has 0 radical (unpaired) electrons. The first-order chi connectivity index (χ1) is 10.7. The lowest BCUT2D eigenvalue weighted by molar-refractivity contribution is -0.0161. The van der Waals surface area contributed by atoms with Crippen molar-refractivity contribution in [2.24, 2.45) is 10.9 Å². The number of hydrogen-bond acceptors (Lipinski definition) is 4. The van der Waals surface area contributed by atoms with Gasteiger partial charge >= 0.3 is 0 Å². The summed E-state index contributed by atoms with van der Waals surface area (Å²) in [5, 5.41) is 7.04. The molecule has 0 aromatic heterocycles. The summed E-state index contributed by atoms with van der Waals surface area (Å²) in [6, 6.07) is 1.36. The summed E-state index contributed by atoms with van der Waals surface area (Å²) in [5.74, 6) is 1.59. The van der Waals surface area contributed by atoms with Crippen LogP contribution in [0.3, 0.4) is 0 Å². The summed E-state index contributed by atoms with van der Waals surface area (Å²) in [4.78, 5) is 9.33. The van der Waals surface area contributed by atoms with Crippen LogP contribution in [0.1, 0.15) is 19.8 Å². The molecular weight excluding hydrogens is 278 g/mol. The Balaban J connectivity index is 1.43. The summed E-state index contributed by atoms with van der Waals surface area (Å²) >= 11 is 0. The normalized spacial score (nSPS) is 34.9. The largest absolute Gasteiger partial charge is 0.374 e. The van der Waals surface area contributed by atoms with Crippen LogP contribution in [-0.4, -0.2) is 87.4 Å². The zero-order valence-electron chi connectivity index (χ0n) is 14.2. The van der Waals surface area contributed by atoms with E-state index in [0.29, 0.717) is 12.0 Å². The van der Waals surface area contributed by atoms with Gasteiger partial charge in [-0.15, -0.1) is 0 Å². The molecule has 2 N–H and O–H groups in total. The minimum Gasteiger partial charge on any atom is -0.374 e. The zero-order valence-corrected chi connectivity index (χ0v) is 14.2. The predicted octanol–water partition coefficient (Wildman–Crippen LogP) is -0.0353. The lowest BCUT2D eigenvalue weighted by atomic mass is 10.1. The molecule has 3 unspecified atom stereocenters. The quantitative estimate of drug-likeness (QED) is 0.564. The van der Waals surface area contributed by atoms with Crippen LogP contribution in [0.5, 0.6) is 0 Å². The summed E-state index contributed by atoms with van der Waals surface area (Å²) in [6.45, 7) is 8.36. The van der Waals surface area contributed by atoms with Crippen LogP contribution in [-0.2, 0) is 4.74 Å². The van der Waals surface area contributed by atoms with Gasteiger partial charge in [-0.05, 0) is 25.8 Å². The third-order valence-electron chi connectivity index (χ3n) is 5.09. The fourth-order valence-corrected chi connectivity index (χ4v) is 3.50. The summed E-state index contributed by atoms with van der Waals surface area (Å²) in [6.07, 6.45) is 3.03. The van der Waals surface area contributed by atoms with Crippen molar-refractivity contribution in [3.63, 3.8) is 0 Å². The second kappa shape index (κ2) is 7.15. The maximum absolute atomic E-state index is 5.80. The maximum atomic E-state index is 5.80. The molecule has 6 heteroatoms. The smallest absolute Gasteiger partial charge is 0.191 e. The van der Waals surface area contributed by atoms with E-state index in [1.165, 1.54) is 19.4 Å². The molecule has 0 spiro atoms. The lowest BCUT2D eigenvalue weighted by Gasteiger charge is -2.30. The first-order valence-corrected chi connectivity index (χ1v) is 8.67. The molecule has 22 heavy (non-hydrogen) atoms. The summed E-state index contributed by atoms with van der Waals surface area (Å²) in [7, 11) is 4.00. The third kappa shape index (κ3) is 4.12. The Hall–Kier alpha value is -0.850. The number of ether oxygens (including phenoxy) is 1. The second-order valence-electron chi connectivity index (χ2n) is 7.12. The number of likely N-dealkylation sites (tertiary alicyclic amines) is 1. The van der Waals surface area contributed by atoms with Crippen molar-refractivity contribution >= 4 is 5.96 Å². The molecule has 3 aliphatic rings. The van der Waals surface area contributed by atoms with E-state index in [1.807, 2.05) is 7.05 Å². The van der Waals surface area contributed by atoms with Crippen molar-refractivity contribution in [2.45, 2.75) is 38.0 Å². The van der Waals surface area contributed by atoms with Gasteiger partial charge < -0.3 is 20.3 Å². The fraction of sp³-hybridized carbons (Fsp3) is 0.938. The number of nitrogens with zero attached hydrogens (tertiary/aromatic N) is 3. The Morgan fingerprint density at radius 3 is 2.77 bits per heavy atom. The molecular formula is C16H31N5O. The van der Waals surface area contributed by atoms with E-state index in [4.69, 9.17) is 4.74 Å². The molecule has 6 nitrogen and oxygen atoms in total. The van der Waals surface area contributed by atoms with Crippen molar-refractivity contribution < 1.29 is 4.74 Å². The van der Waals surface area contributed by atoms with Crippen LogP contribution in [0.2, 0.25) is 0 Å². The third-order valence-corrected chi connectivity index (χ3v) is 5.09. The van der Waals surface area contributed by atoms with Crippen LogP contribution < -0.4 is 10.6 Å². The first kappa shape index (κ1) is 16.0. The predicted molar refractivity (Wildman–Crippen MR) is 89.3 cm³/mol. The van der Waals surface area contributed by atoms with Gasteiger partial charge in [0.15, 0.2) is 5.96 Å². The van der Waals surface area contributed by atoms with Crippen molar-refractivity contribution in [1.82, 2.24) is 20.4 Å². The van der Waals surface area contributed by atoms with E-state index in [-0.39, 0.29) is 6.10 Å². The minimum atomic E-state index is 0.251. The van der Waals surface area contributed by atoms with Crippen LogP contribution in [0, 0.1) is 5.92 Å². The fourth-order valence-electron chi connectivity index (χ4n) is 3.50. The van der Waals surface area contributed by atoms with Gasteiger partial charge in [-0.3, -0.25) is 9.89 Å². The van der Waals surface area contributed by atoms with Crippen molar-refractivity contribution in [2.75, 3.05) is 53.4 Å². The van der Waals surface area contributed by atoms with E-state index in [2.05, 4.69) is 39.4 Å². The highest BCUT2D eigenvalue weighted by atomic mass is 16.5. The van der Waals surface area contributed by atoms with Crippen LogP contribution in [0.25, 0.3) is 0 Å². The molecule has 0 aromatic rings. The average molecular weight is 309 g/mol. The first-order valence-electron chi connectivity index (χ1n) is 8.67. The van der Waals surface area contributed by atoms with E-state index in [1.54, 1.807) is 0 Å². The summed E-state index contributed by atoms with van der Waals surface area (Å²) in [5.41, 5.74) is 0. The van der Waals surface area contributed by atoms with Gasteiger partial charge in [0.1, 0.15) is 0 Å². The van der Waals surface area contributed by atoms with E-state index >= 15 is 0 Å². The standard InChI is InChI=1S/C16H31N5O/c1-12-9-21(13-4-5-13)11-15(12)19-16(17-2)18-8-14-10-20(3)6-7-22-14/h12-15H,4-11H2,1-3H3,(H2,17,18,19). The molecule has 2 saturated heterocycles. The molecule has 3 fully saturated rings. The number of morpholine rings is 1. The Bertz CT molecular complexity index is 398. The van der Waals surface area contributed by atoms with Gasteiger partial charge in [0.25, 0.3) is 0 Å². The van der Waals surface area contributed by atoms with Crippen molar-refractivity contribution in [3.8, 4) is 0 Å². The van der Waals surface area contributed by atoms with Gasteiger partial charge in [0.2, 0.25) is 0 Å². The van der Waals surface area contributed by atoms with E-state index in [9.17, 15) is 0 Å². The number of rotatable bonds is 4. The number of aliphatic imine (C=N–C) groups is 1. The lowest BCUT2D eigenvalue weighted by Crippen LogP contribution is -2.51. The van der Waals surface area contributed by atoms with Gasteiger partial charge in [0, 0.05) is 51.9 Å². The molecule has 126 valence electrons. The molecule has 0 aromatic carbocycles. The van der Waals surface area contributed by atoms with Crippen molar-refractivity contribution in [3.05, 3.63) is 0 Å². The Morgan fingerprint density at radius 1 is 1.27 bits per heavy atom. The number of nitrogens with one attached hydrogen (secondary N) is 2. The number of likely N-dealkylation sites (N-methyl/N-ethyl adjacent to an activating group) is 1. The van der Waals surface area contributed by atoms with Crippen LogP contribution >= 0.6 is 0 Å². The van der Waals surface area contributed by atoms with E-state index < -0.39 is 0 Å². The van der Waals surface area contributed by atoms with Crippen LogP contribution in [0.15, 0.2) is 4.99 Å². The zero-order chi connectivity index (χ0) is 15.5. The molecule has 1 saturated carbocycles. The molecule has 3 atom stereocenters.